The molecular formula is C14H26F2IN3. The molecule has 1 aliphatic heterocycles. The van der Waals surface area contributed by atoms with E-state index in [0.29, 0.717) is 24.8 Å². The molecule has 1 aliphatic carbocycles. The van der Waals surface area contributed by atoms with Gasteiger partial charge in [-0.3, -0.25) is 4.99 Å². The van der Waals surface area contributed by atoms with Gasteiger partial charge in [0.2, 0.25) is 5.92 Å². The number of halogens is 3. The third kappa shape index (κ3) is 5.33. The highest BCUT2D eigenvalue weighted by Crippen LogP contribution is 2.36. The first kappa shape index (κ1) is 17.9. The number of piperidine rings is 1. The van der Waals surface area contributed by atoms with Gasteiger partial charge in [0.25, 0.3) is 0 Å². The van der Waals surface area contributed by atoms with Gasteiger partial charge in [0.05, 0.1) is 0 Å². The van der Waals surface area contributed by atoms with Gasteiger partial charge in [-0.15, -0.1) is 24.0 Å². The smallest absolute Gasteiger partial charge is 0.248 e. The van der Waals surface area contributed by atoms with Crippen molar-refractivity contribution >= 4 is 29.9 Å². The second kappa shape index (κ2) is 7.75. The maximum atomic E-state index is 13.3. The number of nitrogens with two attached hydrogens (primary N) is 1. The van der Waals surface area contributed by atoms with Crippen LogP contribution < -0.4 is 5.73 Å². The van der Waals surface area contributed by atoms with Crippen LogP contribution in [0.25, 0.3) is 0 Å². The van der Waals surface area contributed by atoms with E-state index in [4.69, 9.17) is 5.73 Å². The Morgan fingerprint density at radius 1 is 1.35 bits per heavy atom. The lowest BCUT2D eigenvalue weighted by Gasteiger charge is -2.32. The Morgan fingerprint density at radius 2 is 2.10 bits per heavy atom. The molecule has 2 aliphatic rings. The molecule has 2 unspecified atom stereocenters. The van der Waals surface area contributed by atoms with Gasteiger partial charge in [-0.2, -0.15) is 0 Å². The molecule has 0 aromatic carbocycles. The molecule has 0 aromatic rings. The lowest BCUT2D eigenvalue weighted by molar-refractivity contribution is -0.0508. The van der Waals surface area contributed by atoms with Crippen molar-refractivity contribution in [3.05, 3.63) is 0 Å². The number of guanidine groups is 1. The van der Waals surface area contributed by atoms with E-state index in [1.54, 1.807) is 0 Å². The zero-order chi connectivity index (χ0) is 13.9. The predicted octanol–water partition coefficient (Wildman–Crippen LogP) is 3.48. The van der Waals surface area contributed by atoms with Crippen molar-refractivity contribution < 1.29 is 8.78 Å². The first-order valence-corrected chi connectivity index (χ1v) is 7.39. The molecule has 0 spiro atoms. The van der Waals surface area contributed by atoms with E-state index in [1.165, 1.54) is 6.42 Å². The van der Waals surface area contributed by atoms with Crippen LogP contribution >= 0.6 is 24.0 Å². The van der Waals surface area contributed by atoms with Crippen LogP contribution in [0.4, 0.5) is 8.78 Å². The Hall–Kier alpha value is -0.140. The normalized spacial score (nSPS) is 30.8. The summed E-state index contributed by atoms with van der Waals surface area (Å²) in [7, 11) is 0. The summed E-state index contributed by atoms with van der Waals surface area (Å²) in [6, 6.07) is 0. The lowest BCUT2D eigenvalue weighted by Crippen LogP contribution is -2.43. The Labute approximate surface area is 137 Å². The van der Waals surface area contributed by atoms with Gasteiger partial charge in [0, 0.05) is 32.5 Å². The van der Waals surface area contributed by atoms with Gasteiger partial charge in [-0.25, -0.2) is 8.78 Å². The molecule has 0 radical (unpaired) electrons. The summed E-state index contributed by atoms with van der Waals surface area (Å²) in [6.07, 6.45) is 3.83. The maximum absolute atomic E-state index is 13.3. The van der Waals surface area contributed by atoms with Crippen LogP contribution in [-0.4, -0.2) is 36.4 Å². The summed E-state index contributed by atoms with van der Waals surface area (Å²) in [4.78, 5) is 6.45. The lowest BCUT2D eigenvalue weighted by atomic mass is 9.86. The summed E-state index contributed by atoms with van der Waals surface area (Å²) in [5, 5.41) is 0. The van der Waals surface area contributed by atoms with Crippen molar-refractivity contribution in [1.29, 1.82) is 0 Å². The number of alkyl halides is 2. The monoisotopic (exact) mass is 401 g/mol. The van der Waals surface area contributed by atoms with E-state index in [-0.39, 0.29) is 42.7 Å². The molecule has 1 saturated heterocycles. The highest BCUT2D eigenvalue weighted by atomic mass is 127. The van der Waals surface area contributed by atoms with Crippen LogP contribution in [0.2, 0.25) is 0 Å². The average Bonchev–Trinajstić information content (AvgIpc) is 2.35. The van der Waals surface area contributed by atoms with E-state index in [0.717, 1.165) is 25.9 Å². The first-order chi connectivity index (χ1) is 8.96. The fourth-order valence-electron chi connectivity index (χ4n) is 3.15. The summed E-state index contributed by atoms with van der Waals surface area (Å²) < 4.78 is 26.6. The minimum absolute atomic E-state index is 0. The molecule has 1 heterocycles. The number of likely N-dealkylation sites (tertiary alicyclic amines) is 1. The summed E-state index contributed by atoms with van der Waals surface area (Å²) in [6.45, 7) is 4.55. The number of hydrogen-bond acceptors (Lipinski definition) is 1. The van der Waals surface area contributed by atoms with Crippen molar-refractivity contribution in [2.75, 3.05) is 19.6 Å². The third-order valence-corrected chi connectivity index (χ3v) is 4.23. The number of hydrogen-bond donors (Lipinski definition) is 1. The van der Waals surface area contributed by atoms with Gasteiger partial charge in [-0.1, -0.05) is 6.92 Å². The van der Waals surface area contributed by atoms with E-state index in [1.807, 2.05) is 0 Å². The van der Waals surface area contributed by atoms with Crippen molar-refractivity contribution in [1.82, 2.24) is 4.90 Å². The third-order valence-electron chi connectivity index (χ3n) is 4.23. The average molecular weight is 401 g/mol. The number of rotatable bonds is 2. The molecule has 3 nitrogen and oxygen atoms in total. The van der Waals surface area contributed by atoms with Gasteiger partial charge >= 0.3 is 0 Å². The topological polar surface area (TPSA) is 41.6 Å². The molecule has 0 bridgehead atoms. The van der Waals surface area contributed by atoms with Gasteiger partial charge in [0.15, 0.2) is 5.96 Å². The van der Waals surface area contributed by atoms with E-state index < -0.39 is 5.92 Å². The molecular weight excluding hydrogens is 375 g/mol. The molecule has 2 N–H and O–H groups in total. The second-order valence-electron chi connectivity index (χ2n) is 6.21. The Balaban J connectivity index is 0.00000200. The van der Waals surface area contributed by atoms with Gasteiger partial charge < -0.3 is 10.6 Å². The minimum Gasteiger partial charge on any atom is -0.370 e. The maximum Gasteiger partial charge on any atom is 0.248 e. The zero-order valence-corrected chi connectivity index (χ0v) is 14.5. The molecule has 2 atom stereocenters. The number of aliphatic imine (C=N–C) groups is 1. The van der Waals surface area contributed by atoms with Crippen LogP contribution in [0, 0.1) is 11.8 Å². The highest BCUT2D eigenvalue weighted by molar-refractivity contribution is 14.0. The van der Waals surface area contributed by atoms with Crippen LogP contribution in [-0.2, 0) is 0 Å². The van der Waals surface area contributed by atoms with Gasteiger partial charge in [-0.05, 0) is 37.5 Å². The molecule has 2 fully saturated rings. The van der Waals surface area contributed by atoms with Crippen LogP contribution in [0.3, 0.4) is 0 Å². The van der Waals surface area contributed by atoms with E-state index in [9.17, 15) is 8.78 Å². The summed E-state index contributed by atoms with van der Waals surface area (Å²) >= 11 is 0. The molecule has 20 heavy (non-hydrogen) atoms. The zero-order valence-electron chi connectivity index (χ0n) is 12.2. The van der Waals surface area contributed by atoms with E-state index >= 15 is 0 Å². The Kier molecular flexibility index (Phi) is 6.94. The van der Waals surface area contributed by atoms with Crippen molar-refractivity contribution in [2.24, 2.45) is 22.6 Å². The molecule has 0 amide bonds. The van der Waals surface area contributed by atoms with Gasteiger partial charge in [0.1, 0.15) is 0 Å². The molecule has 118 valence electrons. The molecule has 2 rings (SSSR count). The summed E-state index contributed by atoms with van der Waals surface area (Å²) in [5.41, 5.74) is 5.98. The minimum atomic E-state index is -2.49. The first-order valence-electron chi connectivity index (χ1n) is 7.39. The fourth-order valence-corrected chi connectivity index (χ4v) is 3.15. The standard InChI is InChI=1S/C14H25F2N3.HI/c1-11-4-3-7-19(10-11)13(17)18-9-12-5-2-6-14(15,16)8-12;/h11-12H,2-10H2,1H3,(H2,17,18);1H. The molecule has 0 aromatic heterocycles. The fraction of sp³-hybridized carbons (Fsp3) is 0.929. The number of nitrogens with zero attached hydrogens (tertiary/aromatic N) is 2. The highest BCUT2D eigenvalue weighted by Gasteiger charge is 2.36. The second-order valence-corrected chi connectivity index (χ2v) is 6.21. The van der Waals surface area contributed by atoms with Crippen LogP contribution in [0.5, 0.6) is 0 Å². The van der Waals surface area contributed by atoms with E-state index in [2.05, 4.69) is 16.8 Å². The quantitative estimate of drug-likeness (QED) is 0.438. The van der Waals surface area contributed by atoms with Crippen LogP contribution in [0.1, 0.15) is 45.4 Å². The predicted molar refractivity (Wildman–Crippen MR) is 88.8 cm³/mol. The van der Waals surface area contributed by atoms with Crippen molar-refractivity contribution in [3.63, 3.8) is 0 Å². The van der Waals surface area contributed by atoms with Crippen molar-refractivity contribution in [3.8, 4) is 0 Å². The summed E-state index contributed by atoms with van der Waals surface area (Å²) in [5.74, 6) is -1.32. The van der Waals surface area contributed by atoms with Crippen LogP contribution in [0.15, 0.2) is 4.99 Å². The molecule has 6 heteroatoms. The SMILES string of the molecule is CC1CCCN(C(N)=NCC2CCCC(F)(F)C2)C1.I. The Bertz CT molecular complexity index is 336. The molecule has 1 saturated carbocycles. The van der Waals surface area contributed by atoms with Crippen molar-refractivity contribution in [2.45, 2.75) is 51.4 Å². The largest absolute Gasteiger partial charge is 0.370 e. The Morgan fingerprint density at radius 3 is 2.75 bits per heavy atom.